The van der Waals surface area contributed by atoms with E-state index < -0.39 is 4.92 Å². The molecule has 1 aliphatic rings. The number of benzene rings is 2. The molecule has 1 heterocycles. The lowest BCUT2D eigenvalue weighted by Crippen LogP contribution is -2.35. The predicted molar refractivity (Wildman–Crippen MR) is 106 cm³/mol. The fraction of sp³-hybridized carbons (Fsp3) is 0.333. The van der Waals surface area contributed by atoms with Crippen molar-refractivity contribution in [3.63, 3.8) is 0 Å². The lowest BCUT2D eigenvalue weighted by Gasteiger charge is -2.28. The average Bonchev–Trinajstić information content (AvgIpc) is 2.72. The molecule has 1 saturated heterocycles. The van der Waals surface area contributed by atoms with Crippen molar-refractivity contribution in [2.45, 2.75) is 32.2 Å². The third-order valence-corrected chi connectivity index (χ3v) is 5.21. The highest BCUT2D eigenvalue weighted by Gasteiger charge is 2.22. The van der Waals surface area contributed by atoms with Gasteiger partial charge in [0.1, 0.15) is 0 Å². The van der Waals surface area contributed by atoms with Gasteiger partial charge in [0.05, 0.1) is 11.0 Å². The van der Waals surface area contributed by atoms with Crippen LogP contribution in [0.3, 0.4) is 0 Å². The molecule has 2 aromatic rings. The number of hydrogen-bond acceptors (Lipinski definition) is 4. The summed E-state index contributed by atoms with van der Waals surface area (Å²) in [6, 6.07) is 13.0. The predicted octanol–water partition coefficient (Wildman–Crippen LogP) is 3.94. The molecular formula is C21H23N3O4. The van der Waals surface area contributed by atoms with E-state index in [1.54, 1.807) is 53.2 Å². The van der Waals surface area contributed by atoms with Crippen LogP contribution >= 0.6 is 0 Å². The molecule has 146 valence electrons. The van der Waals surface area contributed by atoms with Crippen molar-refractivity contribution in [3.8, 4) is 0 Å². The highest BCUT2D eigenvalue weighted by molar-refractivity contribution is 5.97. The van der Waals surface area contributed by atoms with E-state index >= 15 is 0 Å². The van der Waals surface area contributed by atoms with Gasteiger partial charge in [-0.1, -0.05) is 12.1 Å². The molecule has 0 saturated carbocycles. The van der Waals surface area contributed by atoms with Gasteiger partial charge in [0, 0.05) is 43.4 Å². The van der Waals surface area contributed by atoms with Crippen LogP contribution in [0.4, 0.5) is 11.4 Å². The van der Waals surface area contributed by atoms with E-state index in [-0.39, 0.29) is 23.5 Å². The van der Waals surface area contributed by atoms with Crippen LogP contribution in [-0.4, -0.2) is 35.2 Å². The Morgan fingerprint density at radius 2 is 1.89 bits per heavy atom. The highest BCUT2D eigenvalue weighted by Crippen LogP contribution is 2.26. The van der Waals surface area contributed by atoms with Crippen LogP contribution < -0.4 is 4.90 Å². The molecule has 7 heteroatoms. The normalized spacial score (nSPS) is 15.2. The summed E-state index contributed by atoms with van der Waals surface area (Å²) in [6.45, 7) is 2.54. The van der Waals surface area contributed by atoms with Crippen LogP contribution in [0.1, 0.15) is 48.1 Å². The average molecular weight is 381 g/mol. The first-order chi connectivity index (χ1) is 13.4. The van der Waals surface area contributed by atoms with Crippen LogP contribution in [0.25, 0.3) is 0 Å². The van der Waals surface area contributed by atoms with E-state index in [9.17, 15) is 19.7 Å². The fourth-order valence-corrected chi connectivity index (χ4v) is 3.36. The molecule has 7 nitrogen and oxygen atoms in total. The summed E-state index contributed by atoms with van der Waals surface area (Å²) in [7, 11) is 1.67. The second kappa shape index (κ2) is 8.21. The van der Waals surface area contributed by atoms with Crippen molar-refractivity contribution in [2.24, 2.45) is 0 Å². The Morgan fingerprint density at radius 3 is 2.54 bits per heavy atom. The van der Waals surface area contributed by atoms with Crippen molar-refractivity contribution in [2.75, 3.05) is 18.5 Å². The molecular weight excluding hydrogens is 358 g/mol. The van der Waals surface area contributed by atoms with Gasteiger partial charge in [-0.25, -0.2) is 0 Å². The van der Waals surface area contributed by atoms with E-state index in [1.165, 1.54) is 12.1 Å². The van der Waals surface area contributed by atoms with E-state index in [0.717, 1.165) is 18.5 Å². The van der Waals surface area contributed by atoms with Gasteiger partial charge in [0.25, 0.3) is 11.6 Å². The summed E-state index contributed by atoms with van der Waals surface area (Å²) in [6.07, 6.45) is 2.46. The van der Waals surface area contributed by atoms with Crippen molar-refractivity contribution < 1.29 is 14.5 Å². The molecule has 0 bridgehead atoms. The van der Waals surface area contributed by atoms with E-state index in [4.69, 9.17) is 0 Å². The Balaban J connectivity index is 1.74. The number of amides is 2. The minimum absolute atomic E-state index is 0.000695. The number of anilines is 1. The second-order valence-corrected chi connectivity index (χ2v) is 6.99. The van der Waals surface area contributed by atoms with Crippen LogP contribution in [0.2, 0.25) is 0 Å². The minimum atomic E-state index is -0.446. The summed E-state index contributed by atoms with van der Waals surface area (Å²) in [5.41, 5.74) is 2.00. The fourth-order valence-electron chi connectivity index (χ4n) is 3.36. The Labute approximate surface area is 163 Å². The molecule has 0 unspecified atom stereocenters. The first-order valence-corrected chi connectivity index (χ1v) is 9.30. The monoisotopic (exact) mass is 381 g/mol. The van der Waals surface area contributed by atoms with Gasteiger partial charge in [-0.05, 0) is 49.6 Å². The van der Waals surface area contributed by atoms with E-state index in [0.29, 0.717) is 24.1 Å². The van der Waals surface area contributed by atoms with Crippen LogP contribution in [-0.2, 0) is 4.79 Å². The minimum Gasteiger partial charge on any atom is -0.335 e. The lowest BCUT2D eigenvalue weighted by molar-refractivity contribution is -0.384. The molecule has 0 N–H and O–H groups in total. The van der Waals surface area contributed by atoms with Gasteiger partial charge in [0.2, 0.25) is 5.91 Å². The highest BCUT2D eigenvalue weighted by atomic mass is 16.6. The van der Waals surface area contributed by atoms with Gasteiger partial charge in [-0.15, -0.1) is 0 Å². The van der Waals surface area contributed by atoms with Gasteiger partial charge in [-0.3, -0.25) is 19.7 Å². The zero-order chi connectivity index (χ0) is 20.3. The number of piperidine rings is 1. The maximum absolute atomic E-state index is 12.8. The Morgan fingerprint density at radius 1 is 1.18 bits per heavy atom. The van der Waals surface area contributed by atoms with E-state index in [1.807, 2.05) is 6.92 Å². The molecule has 1 atom stereocenters. The number of nitro groups is 1. The lowest BCUT2D eigenvalue weighted by atomic mass is 10.0. The summed E-state index contributed by atoms with van der Waals surface area (Å²) >= 11 is 0. The number of rotatable bonds is 5. The molecule has 3 rings (SSSR count). The smallest absolute Gasteiger partial charge is 0.269 e. The number of non-ortho nitro benzene ring substituents is 1. The van der Waals surface area contributed by atoms with Crippen molar-refractivity contribution in [1.29, 1.82) is 0 Å². The summed E-state index contributed by atoms with van der Waals surface area (Å²) in [5.74, 6) is -0.0720. The SMILES string of the molecule is C[C@@H](c1cccc([N+](=O)[O-])c1)N(C)C(=O)c1ccc(N2CCCCC2=O)cc1. The summed E-state index contributed by atoms with van der Waals surface area (Å²) in [4.78, 5) is 38.7. The summed E-state index contributed by atoms with van der Waals surface area (Å²) < 4.78 is 0. The molecule has 2 aromatic carbocycles. The Hall–Kier alpha value is -3.22. The van der Waals surface area contributed by atoms with Gasteiger partial charge >= 0.3 is 0 Å². The zero-order valence-electron chi connectivity index (χ0n) is 16.0. The van der Waals surface area contributed by atoms with Crippen LogP contribution in [0.5, 0.6) is 0 Å². The molecule has 28 heavy (non-hydrogen) atoms. The third-order valence-electron chi connectivity index (χ3n) is 5.21. The molecule has 2 amide bonds. The number of carbonyl (C=O) groups excluding carboxylic acids is 2. The van der Waals surface area contributed by atoms with E-state index in [2.05, 4.69) is 0 Å². The first kappa shape index (κ1) is 19.5. The quantitative estimate of drug-likeness (QED) is 0.580. The molecule has 0 aliphatic carbocycles. The zero-order valence-corrected chi connectivity index (χ0v) is 16.0. The van der Waals surface area contributed by atoms with Crippen molar-refractivity contribution in [1.82, 2.24) is 4.90 Å². The largest absolute Gasteiger partial charge is 0.335 e. The number of carbonyl (C=O) groups is 2. The Bertz CT molecular complexity index is 895. The number of hydrogen-bond donors (Lipinski definition) is 0. The van der Waals surface area contributed by atoms with Crippen molar-refractivity contribution in [3.05, 3.63) is 69.8 Å². The second-order valence-electron chi connectivity index (χ2n) is 6.99. The van der Waals surface area contributed by atoms with Crippen LogP contribution in [0, 0.1) is 10.1 Å². The topological polar surface area (TPSA) is 83.8 Å². The third kappa shape index (κ3) is 4.03. The molecule has 1 aliphatic heterocycles. The maximum Gasteiger partial charge on any atom is 0.269 e. The maximum atomic E-state index is 12.8. The van der Waals surface area contributed by atoms with Gasteiger partial charge < -0.3 is 9.80 Å². The summed E-state index contributed by atoms with van der Waals surface area (Å²) in [5, 5.41) is 11.0. The van der Waals surface area contributed by atoms with Gasteiger partial charge in [0.15, 0.2) is 0 Å². The first-order valence-electron chi connectivity index (χ1n) is 9.30. The number of nitrogens with zero attached hydrogens (tertiary/aromatic N) is 3. The van der Waals surface area contributed by atoms with Crippen molar-refractivity contribution >= 4 is 23.2 Å². The Kier molecular flexibility index (Phi) is 5.73. The standard InChI is InChI=1S/C21H23N3O4/c1-15(17-6-5-7-19(14-17)24(27)28)22(2)21(26)16-9-11-18(12-10-16)23-13-4-3-8-20(23)25/h5-7,9-12,14-15H,3-4,8,13H2,1-2H3/t15-/m0/s1. The van der Waals surface area contributed by atoms with Crippen LogP contribution in [0.15, 0.2) is 48.5 Å². The molecule has 0 aromatic heterocycles. The molecule has 0 radical (unpaired) electrons. The number of nitro benzene ring substituents is 1. The molecule has 1 fully saturated rings. The van der Waals surface area contributed by atoms with Gasteiger partial charge in [-0.2, -0.15) is 0 Å². The molecule has 0 spiro atoms.